The van der Waals surface area contributed by atoms with Crippen molar-refractivity contribution >= 4 is 71.3 Å². The smallest absolute Gasteiger partial charge is 0.270 e. The number of fused-ring (bicyclic) bond motifs is 2. The van der Waals surface area contributed by atoms with E-state index < -0.39 is 4.92 Å². The molecule has 1 fully saturated rings. The van der Waals surface area contributed by atoms with Crippen LogP contribution in [0.25, 0.3) is 20.3 Å². The normalized spacial score (nSPS) is 14.6. The molecule has 1 aliphatic rings. The molecule has 0 saturated carbocycles. The summed E-state index contributed by atoms with van der Waals surface area (Å²) >= 11 is 9.33. The van der Waals surface area contributed by atoms with Crippen molar-refractivity contribution in [1.82, 2.24) is 9.88 Å². The van der Waals surface area contributed by atoms with Crippen molar-refractivity contribution in [1.29, 1.82) is 0 Å². The molecule has 152 valence electrons. The molecule has 10 heteroatoms. The lowest BCUT2D eigenvalue weighted by Gasteiger charge is -2.34. The number of aromatic nitrogens is 1. The number of rotatable bonds is 3. The first-order valence-corrected chi connectivity index (χ1v) is 11.3. The number of carbonyl (C=O) groups excluding carboxylic acids is 1. The molecule has 1 saturated heterocycles. The molecule has 1 aliphatic heterocycles. The Hall–Kier alpha value is -2.75. The minimum Gasteiger partial charge on any atom is -0.345 e. The predicted molar refractivity (Wildman–Crippen MR) is 121 cm³/mol. The zero-order chi connectivity index (χ0) is 20.8. The first-order valence-electron chi connectivity index (χ1n) is 9.27. The van der Waals surface area contributed by atoms with Gasteiger partial charge in [-0.1, -0.05) is 41.1 Å². The minimum atomic E-state index is -0.400. The molecule has 4 aromatic rings. The molecule has 1 amide bonds. The maximum atomic E-state index is 13.0. The highest BCUT2D eigenvalue weighted by molar-refractivity contribution is 7.22. The molecule has 5 rings (SSSR count). The van der Waals surface area contributed by atoms with Crippen LogP contribution in [0.15, 0.2) is 42.5 Å². The summed E-state index contributed by atoms with van der Waals surface area (Å²) in [5.41, 5.74) is 0.810. The number of hydrogen-bond acceptors (Lipinski definition) is 7. The van der Waals surface area contributed by atoms with Crippen LogP contribution in [0.1, 0.15) is 9.67 Å². The van der Waals surface area contributed by atoms with Gasteiger partial charge in [-0.05, 0) is 12.1 Å². The van der Waals surface area contributed by atoms with Crippen molar-refractivity contribution in [3.05, 3.63) is 62.5 Å². The van der Waals surface area contributed by atoms with Crippen molar-refractivity contribution in [2.45, 2.75) is 0 Å². The van der Waals surface area contributed by atoms with E-state index in [0.29, 0.717) is 36.1 Å². The van der Waals surface area contributed by atoms with Crippen molar-refractivity contribution in [2.75, 3.05) is 31.1 Å². The number of piperazine rings is 1. The standard InChI is InChI=1S/C20H15ClN4O3S2/c21-17-13-3-1-2-4-15(13)29-18(17)19(26)23-7-9-24(10-8-23)20-22-14-6-5-12(25(27)28)11-16(14)30-20/h1-6,11H,7-10H2. The molecular formula is C20H15ClN4O3S2. The van der Waals surface area contributed by atoms with Gasteiger partial charge in [-0.25, -0.2) is 4.98 Å². The van der Waals surface area contributed by atoms with Crippen LogP contribution in [-0.4, -0.2) is 46.9 Å². The van der Waals surface area contributed by atoms with Gasteiger partial charge in [0.2, 0.25) is 0 Å². The Morgan fingerprint density at radius 3 is 2.57 bits per heavy atom. The Morgan fingerprint density at radius 2 is 1.83 bits per heavy atom. The Labute approximate surface area is 184 Å². The molecule has 30 heavy (non-hydrogen) atoms. The molecule has 0 bridgehead atoms. The molecule has 0 atom stereocenters. The Balaban J connectivity index is 1.32. The second kappa shape index (κ2) is 7.50. The molecule has 0 spiro atoms. The van der Waals surface area contributed by atoms with Crippen molar-refractivity contribution in [3.63, 3.8) is 0 Å². The van der Waals surface area contributed by atoms with Crippen LogP contribution in [0.2, 0.25) is 5.02 Å². The topological polar surface area (TPSA) is 79.6 Å². The number of amides is 1. The fourth-order valence-electron chi connectivity index (χ4n) is 3.55. The number of nitrogens with zero attached hydrogens (tertiary/aromatic N) is 4. The number of benzene rings is 2. The zero-order valence-corrected chi connectivity index (χ0v) is 18.0. The van der Waals surface area contributed by atoms with E-state index in [0.717, 1.165) is 25.4 Å². The van der Waals surface area contributed by atoms with Crippen LogP contribution in [-0.2, 0) is 0 Å². The number of nitro groups is 1. The van der Waals surface area contributed by atoms with Crippen molar-refractivity contribution in [3.8, 4) is 0 Å². The lowest BCUT2D eigenvalue weighted by Crippen LogP contribution is -2.48. The Bertz CT molecular complexity index is 1290. The van der Waals surface area contributed by atoms with Gasteiger partial charge in [0.25, 0.3) is 11.6 Å². The second-order valence-corrected chi connectivity index (χ2v) is 9.37. The fraction of sp³-hybridized carbons (Fsp3) is 0.200. The van der Waals surface area contributed by atoms with E-state index in [1.165, 1.54) is 28.7 Å². The zero-order valence-electron chi connectivity index (χ0n) is 15.6. The summed E-state index contributed by atoms with van der Waals surface area (Å²) in [6.07, 6.45) is 0. The van der Waals surface area contributed by atoms with Crippen LogP contribution >= 0.6 is 34.3 Å². The third-order valence-corrected chi connectivity index (χ3v) is 7.88. The van der Waals surface area contributed by atoms with E-state index >= 15 is 0 Å². The number of carbonyl (C=O) groups is 1. The first kappa shape index (κ1) is 19.2. The number of hydrogen-bond donors (Lipinski definition) is 0. The van der Waals surface area contributed by atoms with Gasteiger partial charge in [0.15, 0.2) is 5.13 Å². The predicted octanol–water partition coefficient (Wildman–Crippen LogP) is 5.04. The van der Waals surface area contributed by atoms with Gasteiger partial charge in [0.1, 0.15) is 4.88 Å². The third kappa shape index (κ3) is 3.28. The van der Waals surface area contributed by atoms with E-state index in [9.17, 15) is 14.9 Å². The van der Waals surface area contributed by atoms with Gasteiger partial charge in [-0.2, -0.15) is 0 Å². The monoisotopic (exact) mass is 458 g/mol. The van der Waals surface area contributed by atoms with Crippen LogP contribution < -0.4 is 4.90 Å². The highest BCUT2D eigenvalue weighted by Crippen LogP contribution is 2.36. The summed E-state index contributed by atoms with van der Waals surface area (Å²) in [4.78, 5) is 32.7. The summed E-state index contributed by atoms with van der Waals surface area (Å²) < 4.78 is 1.79. The molecule has 0 radical (unpaired) electrons. The molecule has 0 N–H and O–H groups in total. The van der Waals surface area contributed by atoms with Crippen molar-refractivity contribution in [2.24, 2.45) is 0 Å². The van der Waals surface area contributed by atoms with Crippen LogP contribution in [0.4, 0.5) is 10.8 Å². The van der Waals surface area contributed by atoms with Crippen LogP contribution in [0.5, 0.6) is 0 Å². The average Bonchev–Trinajstić information content (AvgIpc) is 3.34. The minimum absolute atomic E-state index is 0.0409. The molecule has 2 aromatic heterocycles. The van der Waals surface area contributed by atoms with Crippen LogP contribution in [0.3, 0.4) is 0 Å². The maximum absolute atomic E-state index is 13.0. The molecule has 0 aliphatic carbocycles. The average molecular weight is 459 g/mol. The van der Waals surface area contributed by atoms with Gasteiger partial charge in [-0.3, -0.25) is 14.9 Å². The first-order chi connectivity index (χ1) is 14.5. The molecule has 0 unspecified atom stereocenters. The highest BCUT2D eigenvalue weighted by Gasteiger charge is 2.27. The van der Waals surface area contributed by atoms with E-state index in [-0.39, 0.29) is 11.6 Å². The lowest BCUT2D eigenvalue weighted by molar-refractivity contribution is -0.384. The number of anilines is 1. The fourth-order valence-corrected chi connectivity index (χ4v) is 6.08. The molecule has 7 nitrogen and oxygen atoms in total. The van der Waals surface area contributed by atoms with Crippen molar-refractivity contribution < 1.29 is 9.72 Å². The SMILES string of the molecule is O=C(c1sc2ccccc2c1Cl)N1CCN(c2nc3ccc([N+](=O)[O-])cc3s2)CC1. The maximum Gasteiger partial charge on any atom is 0.270 e. The quantitative estimate of drug-likeness (QED) is 0.317. The second-order valence-electron chi connectivity index (χ2n) is 6.93. The Morgan fingerprint density at radius 1 is 1.07 bits per heavy atom. The summed E-state index contributed by atoms with van der Waals surface area (Å²) in [6, 6.07) is 12.5. The van der Waals surface area contributed by atoms with E-state index in [1.54, 1.807) is 12.1 Å². The number of nitro benzene ring substituents is 1. The lowest BCUT2D eigenvalue weighted by atomic mass is 10.2. The molecular weight excluding hydrogens is 444 g/mol. The van der Waals surface area contributed by atoms with Gasteiger partial charge >= 0.3 is 0 Å². The van der Waals surface area contributed by atoms with Gasteiger partial charge in [0.05, 0.1) is 20.2 Å². The number of halogens is 1. The summed E-state index contributed by atoms with van der Waals surface area (Å²) in [6.45, 7) is 2.44. The van der Waals surface area contributed by atoms with E-state index in [4.69, 9.17) is 11.6 Å². The van der Waals surface area contributed by atoms with E-state index in [1.807, 2.05) is 29.2 Å². The highest BCUT2D eigenvalue weighted by atomic mass is 35.5. The van der Waals surface area contributed by atoms with Gasteiger partial charge in [0, 0.05) is 48.4 Å². The third-order valence-electron chi connectivity index (χ3n) is 5.14. The van der Waals surface area contributed by atoms with Gasteiger partial charge in [-0.15, -0.1) is 11.3 Å². The summed E-state index contributed by atoms with van der Waals surface area (Å²) in [7, 11) is 0. The Kier molecular flexibility index (Phi) is 4.80. The van der Waals surface area contributed by atoms with Gasteiger partial charge < -0.3 is 9.80 Å². The summed E-state index contributed by atoms with van der Waals surface area (Å²) in [5.74, 6) is -0.0409. The molecule has 3 heterocycles. The molecule has 2 aromatic carbocycles. The van der Waals surface area contributed by atoms with E-state index in [2.05, 4.69) is 9.88 Å². The largest absolute Gasteiger partial charge is 0.345 e. The number of non-ortho nitro benzene ring substituents is 1. The van der Waals surface area contributed by atoms with Crippen LogP contribution in [0, 0.1) is 10.1 Å². The number of thiazole rings is 1. The number of thiophene rings is 1. The summed E-state index contributed by atoms with van der Waals surface area (Å²) in [5, 5.41) is 13.2.